The second-order valence-corrected chi connectivity index (χ2v) is 6.65. The van der Waals surface area contributed by atoms with Crippen LogP contribution in [-0.2, 0) is 17.9 Å². The molecule has 1 heterocycles. The minimum absolute atomic E-state index is 0.240. The molecule has 2 aromatic carbocycles. The average molecular weight is 326 g/mol. The molecule has 1 aliphatic rings. The van der Waals surface area contributed by atoms with Gasteiger partial charge < -0.3 is 10.2 Å². The van der Waals surface area contributed by atoms with Crippen molar-refractivity contribution in [3.05, 3.63) is 59.7 Å². The highest BCUT2D eigenvalue weighted by Gasteiger charge is 2.21. The van der Waals surface area contributed by atoms with E-state index in [2.05, 4.69) is 48.0 Å². The summed E-state index contributed by atoms with van der Waals surface area (Å²) in [6, 6.07) is 16.9. The fraction of sp³-hybridized carbons (Fsp3) is 0.316. The van der Waals surface area contributed by atoms with Gasteiger partial charge in [0.25, 0.3) is 0 Å². The molecule has 0 spiro atoms. The molecule has 1 N–H and O–H groups in total. The molecular weight excluding hydrogens is 304 g/mol. The van der Waals surface area contributed by atoms with Crippen LogP contribution in [0.1, 0.15) is 24.0 Å². The Morgan fingerprint density at radius 2 is 1.61 bits per heavy atom. The molecule has 0 atom stereocenters. The molecule has 0 bridgehead atoms. The summed E-state index contributed by atoms with van der Waals surface area (Å²) < 4.78 is 0. The van der Waals surface area contributed by atoms with Crippen LogP contribution in [0.4, 0.5) is 5.69 Å². The van der Waals surface area contributed by atoms with Gasteiger partial charge in [-0.05, 0) is 48.1 Å². The van der Waals surface area contributed by atoms with Crippen LogP contribution < -0.4 is 10.2 Å². The fourth-order valence-electron chi connectivity index (χ4n) is 2.81. The normalized spacial score (nSPS) is 14.5. The van der Waals surface area contributed by atoms with Crippen molar-refractivity contribution in [1.29, 1.82) is 0 Å². The fourth-order valence-corrected chi connectivity index (χ4v) is 3.22. The largest absolute Gasteiger partial charge is 0.312 e. The summed E-state index contributed by atoms with van der Waals surface area (Å²) in [4.78, 5) is 14.9. The Morgan fingerprint density at radius 3 is 2.13 bits per heavy atom. The molecule has 1 saturated heterocycles. The van der Waals surface area contributed by atoms with Crippen LogP contribution in [0.5, 0.6) is 0 Å². The Bertz CT molecular complexity index is 652. The van der Waals surface area contributed by atoms with Gasteiger partial charge in [-0.1, -0.05) is 24.3 Å². The number of carbonyl (C=O) groups is 1. The summed E-state index contributed by atoms with van der Waals surface area (Å²) in [6.07, 6.45) is 3.74. The maximum atomic E-state index is 11.7. The van der Waals surface area contributed by atoms with Crippen LogP contribution in [-0.4, -0.2) is 18.7 Å². The van der Waals surface area contributed by atoms with Crippen molar-refractivity contribution in [2.45, 2.75) is 30.8 Å². The molecule has 0 aromatic heterocycles. The van der Waals surface area contributed by atoms with E-state index in [4.69, 9.17) is 0 Å². The third-order valence-corrected chi connectivity index (χ3v) is 4.88. The summed E-state index contributed by atoms with van der Waals surface area (Å²) in [5.41, 5.74) is 3.55. The first-order valence-corrected chi connectivity index (χ1v) is 9.22. The molecule has 1 amide bonds. The molecule has 120 valence electrons. The van der Waals surface area contributed by atoms with E-state index in [1.54, 1.807) is 11.8 Å². The van der Waals surface area contributed by atoms with Gasteiger partial charge in [0.1, 0.15) is 0 Å². The van der Waals surface area contributed by atoms with Crippen molar-refractivity contribution in [2.75, 3.05) is 17.7 Å². The second-order valence-electron chi connectivity index (χ2n) is 5.77. The smallest absolute Gasteiger partial charge is 0.227 e. The molecule has 3 rings (SSSR count). The van der Waals surface area contributed by atoms with Crippen molar-refractivity contribution in [2.24, 2.45) is 0 Å². The minimum atomic E-state index is 0.240. The molecule has 0 unspecified atom stereocenters. The van der Waals surface area contributed by atoms with Crippen molar-refractivity contribution in [3.8, 4) is 0 Å². The van der Waals surface area contributed by atoms with Crippen molar-refractivity contribution in [1.82, 2.24) is 5.32 Å². The molecule has 3 nitrogen and oxygen atoms in total. The average Bonchev–Trinajstić information content (AvgIpc) is 3.02. The highest BCUT2D eigenvalue weighted by atomic mass is 32.2. The number of amides is 1. The third kappa shape index (κ3) is 4.15. The zero-order chi connectivity index (χ0) is 16.1. The van der Waals surface area contributed by atoms with E-state index in [9.17, 15) is 4.79 Å². The van der Waals surface area contributed by atoms with Gasteiger partial charge in [0, 0.05) is 36.6 Å². The molecule has 0 aliphatic carbocycles. The maximum Gasteiger partial charge on any atom is 0.227 e. The summed E-state index contributed by atoms with van der Waals surface area (Å²) in [6.45, 7) is 2.54. The van der Waals surface area contributed by atoms with Crippen molar-refractivity contribution in [3.63, 3.8) is 0 Å². The van der Waals surface area contributed by atoms with Crippen LogP contribution >= 0.6 is 11.8 Å². The zero-order valence-corrected chi connectivity index (χ0v) is 14.2. The Kier molecular flexibility index (Phi) is 5.36. The number of thioether (sulfide) groups is 1. The maximum absolute atomic E-state index is 11.7. The Labute approximate surface area is 142 Å². The quantitative estimate of drug-likeness (QED) is 0.819. The van der Waals surface area contributed by atoms with E-state index in [0.717, 1.165) is 31.7 Å². The van der Waals surface area contributed by atoms with Crippen molar-refractivity contribution >= 4 is 23.4 Å². The highest BCUT2D eigenvalue weighted by molar-refractivity contribution is 7.98. The SMILES string of the molecule is CSc1ccc(CNCc2ccc(N3CCCC3=O)cc2)cc1. The van der Waals surface area contributed by atoms with E-state index >= 15 is 0 Å². The molecule has 1 fully saturated rings. The van der Waals surface area contributed by atoms with Gasteiger partial charge in [-0.3, -0.25) is 4.79 Å². The molecule has 0 radical (unpaired) electrons. The van der Waals surface area contributed by atoms with Gasteiger partial charge in [0.2, 0.25) is 5.91 Å². The Hall–Kier alpha value is -1.78. The second kappa shape index (κ2) is 7.66. The number of anilines is 1. The molecule has 23 heavy (non-hydrogen) atoms. The summed E-state index contributed by atoms with van der Waals surface area (Å²) >= 11 is 1.76. The lowest BCUT2D eigenvalue weighted by Gasteiger charge is -2.16. The van der Waals surface area contributed by atoms with Crippen LogP contribution in [0.2, 0.25) is 0 Å². The Balaban J connectivity index is 1.51. The Morgan fingerprint density at radius 1 is 1.00 bits per heavy atom. The van der Waals surface area contributed by atoms with Crippen LogP contribution in [0, 0.1) is 0 Å². The van der Waals surface area contributed by atoms with E-state index in [-0.39, 0.29) is 5.91 Å². The first-order valence-electron chi connectivity index (χ1n) is 7.99. The van der Waals surface area contributed by atoms with E-state index in [1.807, 2.05) is 17.0 Å². The third-order valence-electron chi connectivity index (χ3n) is 4.14. The molecule has 0 saturated carbocycles. The summed E-state index contributed by atoms with van der Waals surface area (Å²) in [7, 11) is 0. The van der Waals surface area contributed by atoms with Gasteiger partial charge >= 0.3 is 0 Å². The highest BCUT2D eigenvalue weighted by Crippen LogP contribution is 2.21. The lowest BCUT2D eigenvalue weighted by molar-refractivity contribution is -0.117. The monoisotopic (exact) mass is 326 g/mol. The van der Waals surface area contributed by atoms with Gasteiger partial charge in [-0.15, -0.1) is 11.8 Å². The lowest BCUT2D eigenvalue weighted by Crippen LogP contribution is -2.23. The number of rotatable bonds is 6. The van der Waals surface area contributed by atoms with Gasteiger partial charge in [-0.2, -0.15) is 0 Å². The molecule has 1 aliphatic heterocycles. The van der Waals surface area contributed by atoms with Gasteiger partial charge in [0.05, 0.1) is 0 Å². The van der Waals surface area contributed by atoms with E-state index in [0.29, 0.717) is 6.42 Å². The summed E-state index contributed by atoms with van der Waals surface area (Å²) in [5.74, 6) is 0.240. The number of carbonyl (C=O) groups excluding carboxylic acids is 1. The number of nitrogens with one attached hydrogen (secondary N) is 1. The number of benzene rings is 2. The predicted molar refractivity (Wildman–Crippen MR) is 96.8 cm³/mol. The first-order chi connectivity index (χ1) is 11.3. The molecular formula is C19H22N2OS. The topological polar surface area (TPSA) is 32.3 Å². The molecule has 4 heteroatoms. The predicted octanol–water partition coefficient (Wildman–Crippen LogP) is 3.83. The number of nitrogens with zero attached hydrogens (tertiary/aromatic N) is 1. The zero-order valence-electron chi connectivity index (χ0n) is 13.4. The van der Waals surface area contributed by atoms with E-state index in [1.165, 1.54) is 16.0 Å². The van der Waals surface area contributed by atoms with Gasteiger partial charge in [-0.25, -0.2) is 0 Å². The molecule has 2 aromatic rings. The number of hydrogen-bond donors (Lipinski definition) is 1. The van der Waals surface area contributed by atoms with E-state index < -0.39 is 0 Å². The summed E-state index contributed by atoms with van der Waals surface area (Å²) in [5, 5.41) is 3.47. The lowest BCUT2D eigenvalue weighted by atomic mass is 10.2. The number of hydrogen-bond acceptors (Lipinski definition) is 3. The standard InChI is InChI=1S/C19H22N2OS/c1-23-18-10-6-16(7-11-18)14-20-13-15-4-8-17(9-5-15)21-12-2-3-19(21)22/h4-11,20H,2-3,12-14H2,1H3. The van der Waals surface area contributed by atoms with Crippen molar-refractivity contribution < 1.29 is 4.79 Å². The van der Waals surface area contributed by atoms with Crippen LogP contribution in [0.3, 0.4) is 0 Å². The van der Waals surface area contributed by atoms with Gasteiger partial charge in [0.15, 0.2) is 0 Å². The van der Waals surface area contributed by atoms with Crippen LogP contribution in [0.25, 0.3) is 0 Å². The first kappa shape index (κ1) is 16.1. The minimum Gasteiger partial charge on any atom is -0.312 e. The van der Waals surface area contributed by atoms with Crippen LogP contribution in [0.15, 0.2) is 53.4 Å².